The summed E-state index contributed by atoms with van der Waals surface area (Å²) in [5, 5.41) is 6.03. The fraction of sp³-hybridized carbons (Fsp3) is 0.444. The number of halogens is 4. The van der Waals surface area contributed by atoms with Crippen molar-refractivity contribution in [2.45, 2.75) is 57.4 Å². The summed E-state index contributed by atoms with van der Waals surface area (Å²) in [4.78, 5) is 33.2. The normalized spacial score (nSPS) is 23.3. The van der Waals surface area contributed by atoms with Crippen LogP contribution in [0.4, 0.5) is 23.2 Å². The van der Waals surface area contributed by atoms with Crippen molar-refractivity contribution in [2.75, 3.05) is 11.9 Å². The minimum Gasteiger partial charge on any atom is -0.383 e. The van der Waals surface area contributed by atoms with Gasteiger partial charge in [-0.15, -0.1) is 0 Å². The third kappa shape index (κ3) is 4.81. The molecule has 2 amide bonds. The maximum atomic E-state index is 14.8. The largest absolute Gasteiger partial charge is 0.416 e. The van der Waals surface area contributed by atoms with E-state index in [0.29, 0.717) is 36.0 Å². The summed E-state index contributed by atoms with van der Waals surface area (Å²) in [7, 11) is 0. The zero-order valence-corrected chi connectivity index (χ0v) is 20.5. The molecule has 1 aromatic carbocycles. The van der Waals surface area contributed by atoms with Gasteiger partial charge >= 0.3 is 6.18 Å². The van der Waals surface area contributed by atoms with Gasteiger partial charge in [0.1, 0.15) is 11.9 Å². The van der Waals surface area contributed by atoms with Crippen LogP contribution in [0.2, 0.25) is 0 Å². The van der Waals surface area contributed by atoms with Crippen LogP contribution >= 0.6 is 0 Å². The van der Waals surface area contributed by atoms with E-state index in [9.17, 15) is 27.2 Å². The molecule has 10 heteroatoms. The molecule has 4 atom stereocenters. The van der Waals surface area contributed by atoms with Crippen LogP contribution in [0.5, 0.6) is 0 Å². The maximum absolute atomic E-state index is 14.8. The van der Waals surface area contributed by atoms with Crippen LogP contribution in [0.3, 0.4) is 0 Å². The average Bonchev–Trinajstić information content (AvgIpc) is 3.63. The fourth-order valence-electron chi connectivity index (χ4n) is 5.27. The summed E-state index contributed by atoms with van der Waals surface area (Å²) in [6.07, 6.45) is 2.68. The van der Waals surface area contributed by atoms with Crippen molar-refractivity contribution in [3.05, 3.63) is 70.8 Å². The molecule has 1 aromatic heterocycles. The Kier molecular flexibility index (Phi) is 6.45. The lowest BCUT2D eigenvalue weighted by Crippen LogP contribution is -2.50. The molecule has 0 radical (unpaired) electrons. The van der Waals surface area contributed by atoms with E-state index < -0.39 is 35.5 Å². The number of amides is 2. The zero-order valence-electron chi connectivity index (χ0n) is 20.5. The summed E-state index contributed by atoms with van der Waals surface area (Å²) < 4.78 is 53.9. The molecule has 5 rings (SSSR count). The summed E-state index contributed by atoms with van der Waals surface area (Å²) in [5.74, 6) is -1.78. The van der Waals surface area contributed by atoms with E-state index in [1.807, 2.05) is 19.1 Å². The van der Waals surface area contributed by atoms with Gasteiger partial charge in [-0.2, -0.15) is 13.2 Å². The van der Waals surface area contributed by atoms with E-state index in [-0.39, 0.29) is 29.3 Å². The molecule has 2 N–H and O–H groups in total. The fourth-order valence-corrected chi connectivity index (χ4v) is 5.27. The van der Waals surface area contributed by atoms with E-state index in [0.717, 1.165) is 25.0 Å². The van der Waals surface area contributed by atoms with E-state index >= 15 is 0 Å². The molecule has 6 nitrogen and oxygen atoms in total. The smallest absolute Gasteiger partial charge is 0.383 e. The number of nitrogens with zero attached hydrogens (tertiary/aromatic N) is 2. The Morgan fingerprint density at radius 3 is 2.54 bits per heavy atom. The lowest BCUT2D eigenvalue weighted by atomic mass is 9.89. The molecule has 37 heavy (non-hydrogen) atoms. The van der Waals surface area contributed by atoms with Crippen LogP contribution in [0.15, 0.2) is 42.6 Å². The van der Waals surface area contributed by atoms with Crippen LogP contribution in [-0.2, 0) is 11.0 Å². The van der Waals surface area contributed by atoms with Crippen LogP contribution in [-0.4, -0.2) is 40.3 Å². The van der Waals surface area contributed by atoms with Crippen molar-refractivity contribution < 1.29 is 27.2 Å². The number of aromatic nitrogens is 1. The second-order valence-electron chi connectivity index (χ2n) is 9.96. The second-order valence-corrected chi connectivity index (χ2v) is 9.96. The second kappa shape index (κ2) is 9.46. The zero-order chi connectivity index (χ0) is 26.5. The number of carbonyl (C=O) groups excluding carboxylic acids is 2. The number of hydrogen-bond acceptors (Lipinski definition) is 4. The molecule has 0 unspecified atom stereocenters. The molecule has 3 aliphatic rings. The minimum absolute atomic E-state index is 0.0278. The molecule has 196 valence electrons. The van der Waals surface area contributed by atoms with Crippen molar-refractivity contribution in [1.29, 1.82) is 0 Å². The van der Waals surface area contributed by atoms with Crippen LogP contribution in [0.25, 0.3) is 0 Å². The number of carbonyl (C=O) groups is 2. The number of likely N-dealkylation sites (tertiary alicyclic amines) is 1. The third-order valence-electron chi connectivity index (χ3n) is 7.38. The quantitative estimate of drug-likeness (QED) is 0.401. The molecule has 1 saturated carbocycles. The predicted octanol–water partition coefficient (Wildman–Crippen LogP) is 5.02. The monoisotopic (exact) mass is 516 g/mol. The number of nitrogens with one attached hydrogen (secondary N) is 2. The highest BCUT2D eigenvalue weighted by Crippen LogP contribution is 2.44. The van der Waals surface area contributed by atoms with Gasteiger partial charge in [-0.05, 0) is 57.2 Å². The van der Waals surface area contributed by atoms with Gasteiger partial charge in [-0.25, -0.2) is 4.39 Å². The first-order valence-corrected chi connectivity index (χ1v) is 12.5. The van der Waals surface area contributed by atoms with Crippen molar-refractivity contribution in [1.82, 2.24) is 15.2 Å². The van der Waals surface area contributed by atoms with Crippen molar-refractivity contribution in [3.63, 3.8) is 0 Å². The Labute approximate surface area is 212 Å². The molecular formula is C27H28F4N4O2. The van der Waals surface area contributed by atoms with Crippen LogP contribution in [0.1, 0.15) is 59.4 Å². The molecule has 1 saturated heterocycles. The number of fused-ring (bicyclic) bond motifs is 1. The predicted molar refractivity (Wildman–Crippen MR) is 129 cm³/mol. The first-order chi connectivity index (χ1) is 17.6. The molecular weight excluding hydrogens is 488 g/mol. The van der Waals surface area contributed by atoms with Gasteiger partial charge in [0.05, 0.1) is 35.1 Å². The number of rotatable bonds is 7. The van der Waals surface area contributed by atoms with Crippen molar-refractivity contribution in [2.24, 2.45) is 11.8 Å². The molecule has 1 aliphatic heterocycles. The highest BCUT2D eigenvalue weighted by Gasteiger charge is 2.49. The van der Waals surface area contributed by atoms with E-state index in [1.165, 1.54) is 0 Å². The molecule has 2 aromatic rings. The SMILES string of the molecule is CCNc1cnc(C)cc1C(=O)N1[C@@H](C(=O)N[C@@H](c2ccc(C(F)(F)F)cc2F)C2CC2)C[C@H]2C=C[C@H]21. The summed E-state index contributed by atoms with van der Waals surface area (Å²) in [5.41, 5.74) is 0.610. The Hall–Kier alpha value is -3.43. The Morgan fingerprint density at radius 1 is 1.19 bits per heavy atom. The first-order valence-electron chi connectivity index (χ1n) is 12.5. The van der Waals surface area contributed by atoms with Crippen LogP contribution < -0.4 is 10.6 Å². The topological polar surface area (TPSA) is 74.3 Å². The van der Waals surface area contributed by atoms with Crippen LogP contribution in [0, 0.1) is 24.6 Å². The number of pyridine rings is 1. The van der Waals surface area contributed by atoms with Gasteiger partial charge in [0.25, 0.3) is 5.91 Å². The van der Waals surface area contributed by atoms with Gasteiger partial charge in [0.15, 0.2) is 0 Å². The van der Waals surface area contributed by atoms with Gasteiger partial charge in [0, 0.05) is 23.7 Å². The number of alkyl halides is 3. The van der Waals surface area contributed by atoms with Crippen molar-refractivity contribution in [3.8, 4) is 0 Å². The average molecular weight is 517 g/mol. The molecule has 2 fully saturated rings. The highest BCUT2D eigenvalue weighted by atomic mass is 19.4. The van der Waals surface area contributed by atoms with Gasteiger partial charge in [-0.1, -0.05) is 18.2 Å². The number of benzene rings is 1. The first kappa shape index (κ1) is 25.2. The molecule has 2 heterocycles. The minimum atomic E-state index is -4.66. The van der Waals surface area contributed by atoms with Gasteiger partial charge < -0.3 is 15.5 Å². The number of hydrogen-bond donors (Lipinski definition) is 2. The Balaban J connectivity index is 1.41. The van der Waals surface area contributed by atoms with Crippen molar-refractivity contribution >= 4 is 17.5 Å². The molecule has 0 spiro atoms. The Bertz CT molecular complexity index is 1260. The third-order valence-corrected chi connectivity index (χ3v) is 7.38. The lowest BCUT2D eigenvalue weighted by Gasteiger charge is -2.33. The summed E-state index contributed by atoms with van der Waals surface area (Å²) in [6.45, 7) is 4.28. The number of anilines is 1. The van der Waals surface area contributed by atoms with Gasteiger partial charge in [-0.3, -0.25) is 14.6 Å². The van der Waals surface area contributed by atoms with Gasteiger partial charge in [0.2, 0.25) is 5.91 Å². The van der Waals surface area contributed by atoms with E-state index in [2.05, 4.69) is 15.6 Å². The number of aryl methyl sites for hydroxylation is 1. The summed E-state index contributed by atoms with van der Waals surface area (Å²) >= 11 is 0. The standard InChI is InChI=1S/C27H28F4N4O2/c1-3-32-21-13-33-14(2)10-19(21)26(37)35-22-9-6-16(22)11-23(35)25(36)34-24(15-4-5-15)18-8-7-17(12-20(18)28)27(29,30)31/h6-10,12-13,15-16,22-24,32H,3-5,11H2,1-2H3,(H,34,36)/t16-,22-,23-,24-/m1/s1. The highest BCUT2D eigenvalue weighted by molar-refractivity contribution is 6.02. The molecule has 0 bridgehead atoms. The van der Waals surface area contributed by atoms with E-state index in [4.69, 9.17) is 0 Å². The lowest BCUT2D eigenvalue weighted by molar-refractivity contribution is -0.137. The maximum Gasteiger partial charge on any atom is 0.416 e. The van der Waals surface area contributed by atoms with E-state index in [1.54, 1.807) is 24.1 Å². The Morgan fingerprint density at radius 2 is 1.95 bits per heavy atom. The molecule has 2 aliphatic carbocycles. The summed E-state index contributed by atoms with van der Waals surface area (Å²) in [6, 6.07) is 2.32.